The van der Waals surface area contributed by atoms with Gasteiger partial charge < -0.3 is 5.32 Å². The van der Waals surface area contributed by atoms with Gasteiger partial charge in [0.15, 0.2) is 0 Å². The van der Waals surface area contributed by atoms with Crippen molar-refractivity contribution in [3.8, 4) is 0 Å². The summed E-state index contributed by atoms with van der Waals surface area (Å²) in [6.45, 7) is 2.65. The normalized spacial score (nSPS) is 11.9. The molecule has 0 saturated heterocycles. The van der Waals surface area contributed by atoms with Crippen LogP contribution in [0, 0.1) is 16.0 Å². The van der Waals surface area contributed by atoms with Crippen molar-refractivity contribution in [1.29, 1.82) is 0 Å². The van der Waals surface area contributed by atoms with E-state index in [0.717, 1.165) is 24.6 Å². The van der Waals surface area contributed by atoms with E-state index in [4.69, 9.17) is 0 Å². The highest BCUT2D eigenvalue weighted by molar-refractivity contribution is 9.09. The number of amides is 1. The first-order valence-electron chi connectivity index (χ1n) is 6.67. The third kappa shape index (κ3) is 4.92. The third-order valence-electron chi connectivity index (χ3n) is 3.11. The Bertz CT molecular complexity index is 459. The maximum absolute atomic E-state index is 12.1. The molecule has 0 radical (unpaired) electrons. The Morgan fingerprint density at radius 2 is 2.10 bits per heavy atom. The Morgan fingerprint density at radius 1 is 1.40 bits per heavy atom. The van der Waals surface area contributed by atoms with Gasteiger partial charge in [-0.25, -0.2) is 0 Å². The average Bonchev–Trinajstić information content (AvgIpc) is 2.45. The van der Waals surface area contributed by atoms with Crippen LogP contribution < -0.4 is 5.32 Å². The number of nitrogens with zero attached hydrogens (tertiary/aromatic N) is 1. The summed E-state index contributed by atoms with van der Waals surface area (Å²) in [5.74, 6) is 0.0130. The summed E-state index contributed by atoms with van der Waals surface area (Å²) in [6, 6.07) is 6.01. The van der Waals surface area contributed by atoms with Gasteiger partial charge in [0.25, 0.3) is 11.6 Å². The van der Waals surface area contributed by atoms with Crippen molar-refractivity contribution >= 4 is 27.5 Å². The number of para-hydroxylation sites is 1. The van der Waals surface area contributed by atoms with E-state index in [1.165, 1.54) is 12.1 Å². The van der Waals surface area contributed by atoms with Crippen LogP contribution in [0.2, 0.25) is 0 Å². The lowest BCUT2D eigenvalue weighted by molar-refractivity contribution is -0.385. The highest BCUT2D eigenvalue weighted by atomic mass is 79.9. The molecule has 0 saturated carbocycles. The number of benzene rings is 1. The molecule has 0 bridgehead atoms. The monoisotopic (exact) mass is 342 g/mol. The van der Waals surface area contributed by atoms with Crippen LogP contribution in [0.3, 0.4) is 0 Å². The molecule has 1 unspecified atom stereocenters. The first kappa shape index (κ1) is 16.6. The minimum absolute atomic E-state index is 0.117. The molecular weight excluding hydrogens is 324 g/mol. The molecule has 1 aromatic rings. The minimum atomic E-state index is -0.531. The number of hydrogen-bond donors (Lipinski definition) is 1. The summed E-state index contributed by atoms with van der Waals surface area (Å²) in [6.07, 6.45) is 3.06. The lowest BCUT2D eigenvalue weighted by Gasteiger charge is -2.15. The third-order valence-corrected chi connectivity index (χ3v) is 3.57. The topological polar surface area (TPSA) is 72.2 Å². The lowest BCUT2D eigenvalue weighted by atomic mass is 10.0. The maximum Gasteiger partial charge on any atom is 0.282 e. The molecule has 0 aliphatic heterocycles. The van der Waals surface area contributed by atoms with Crippen LogP contribution in [0.15, 0.2) is 24.3 Å². The lowest BCUT2D eigenvalue weighted by Crippen LogP contribution is -2.30. The number of hydrogen-bond acceptors (Lipinski definition) is 3. The summed E-state index contributed by atoms with van der Waals surface area (Å²) in [7, 11) is 0. The van der Waals surface area contributed by atoms with Crippen LogP contribution in [0.4, 0.5) is 5.69 Å². The maximum atomic E-state index is 12.1. The van der Waals surface area contributed by atoms with Crippen molar-refractivity contribution in [1.82, 2.24) is 5.32 Å². The SMILES string of the molecule is CCCC(CCBr)CNC(=O)c1ccccc1[N+](=O)[O-]. The number of alkyl halides is 1. The van der Waals surface area contributed by atoms with E-state index in [9.17, 15) is 14.9 Å². The summed E-state index contributed by atoms with van der Waals surface area (Å²) < 4.78 is 0. The highest BCUT2D eigenvalue weighted by Gasteiger charge is 2.19. The number of nitro groups is 1. The van der Waals surface area contributed by atoms with Crippen molar-refractivity contribution in [3.05, 3.63) is 39.9 Å². The van der Waals surface area contributed by atoms with E-state index in [2.05, 4.69) is 28.2 Å². The summed E-state index contributed by atoms with van der Waals surface area (Å²) in [5, 5.41) is 14.6. The van der Waals surface area contributed by atoms with Gasteiger partial charge in [0.1, 0.15) is 5.56 Å². The second kappa shape index (κ2) is 8.68. The fourth-order valence-electron chi connectivity index (χ4n) is 2.07. The number of carbonyl (C=O) groups is 1. The van der Waals surface area contributed by atoms with Gasteiger partial charge in [-0.1, -0.05) is 41.4 Å². The predicted molar refractivity (Wildman–Crippen MR) is 82.2 cm³/mol. The molecule has 0 heterocycles. The zero-order chi connectivity index (χ0) is 15.0. The molecular formula is C14H19BrN2O3. The number of rotatable bonds is 8. The molecule has 1 amide bonds. The Morgan fingerprint density at radius 3 is 2.70 bits per heavy atom. The van der Waals surface area contributed by atoms with E-state index in [1.807, 2.05) is 0 Å². The highest BCUT2D eigenvalue weighted by Crippen LogP contribution is 2.18. The molecule has 0 aliphatic rings. The predicted octanol–water partition coefficient (Wildman–Crippen LogP) is 3.53. The van der Waals surface area contributed by atoms with Gasteiger partial charge in [-0.15, -0.1) is 0 Å². The molecule has 1 atom stereocenters. The van der Waals surface area contributed by atoms with Gasteiger partial charge in [-0.2, -0.15) is 0 Å². The van der Waals surface area contributed by atoms with Crippen molar-refractivity contribution in [3.63, 3.8) is 0 Å². The number of nitrogens with one attached hydrogen (secondary N) is 1. The first-order chi connectivity index (χ1) is 9.60. The summed E-state index contributed by atoms with van der Waals surface area (Å²) in [5.41, 5.74) is -0.0378. The Balaban J connectivity index is 2.69. The molecule has 6 heteroatoms. The Kier molecular flexibility index (Phi) is 7.22. The molecule has 0 aliphatic carbocycles. The van der Waals surface area contributed by atoms with Crippen LogP contribution in [0.5, 0.6) is 0 Å². The molecule has 1 aromatic carbocycles. The van der Waals surface area contributed by atoms with Gasteiger partial charge in [0.05, 0.1) is 4.92 Å². The van der Waals surface area contributed by atoms with Crippen LogP contribution in [-0.2, 0) is 0 Å². The summed E-state index contributed by atoms with van der Waals surface area (Å²) >= 11 is 3.40. The van der Waals surface area contributed by atoms with Gasteiger partial charge in [-0.3, -0.25) is 14.9 Å². The van der Waals surface area contributed by atoms with Crippen molar-refractivity contribution in [2.45, 2.75) is 26.2 Å². The second-order valence-electron chi connectivity index (χ2n) is 4.62. The quantitative estimate of drug-likeness (QED) is 0.446. The van der Waals surface area contributed by atoms with Gasteiger partial charge >= 0.3 is 0 Å². The van der Waals surface area contributed by atoms with Crippen LogP contribution >= 0.6 is 15.9 Å². The molecule has 20 heavy (non-hydrogen) atoms. The average molecular weight is 343 g/mol. The largest absolute Gasteiger partial charge is 0.352 e. The zero-order valence-corrected chi connectivity index (χ0v) is 13.1. The zero-order valence-electron chi connectivity index (χ0n) is 11.5. The molecule has 1 N–H and O–H groups in total. The van der Waals surface area contributed by atoms with Gasteiger partial charge in [-0.05, 0) is 24.8 Å². The number of halogens is 1. The van der Waals surface area contributed by atoms with Gasteiger partial charge in [0.2, 0.25) is 0 Å². The fraction of sp³-hybridized carbons (Fsp3) is 0.500. The smallest absolute Gasteiger partial charge is 0.282 e. The molecule has 5 nitrogen and oxygen atoms in total. The first-order valence-corrected chi connectivity index (χ1v) is 7.79. The second-order valence-corrected chi connectivity index (χ2v) is 5.41. The number of carbonyl (C=O) groups excluding carboxylic acids is 1. The Labute approximate surface area is 127 Å². The molecule has 1 rings (SSSR count). The fourth-order valence-corrected chi connectivity index (χ4v) is 2.72. The molecule has 0 spiro atoms. The van der Waals surface area contributed by atoms with Crippen LogP contribution in [-0.4, -0.2) is 22.7 Å². The standard InChI is InChI=1S/C14H19BrN2O3/c1-2-5-11(8-9-15)10-16-14(18)12-6-3-4-7-13(12)17(19)20/h3-4,6-7,11H,2,5,8-10H2,1H3,(H,16,18). The van der Waals surface area contributed by atoms with Gasteiger partial charge in [0, 0.05) is 17.9 Å². The molecule has 0 aromatic heterocycles. The van der Waals surface area contributed by atoms with E-state index in [0.29, 0.717) is 12.5 Å². The minimum Gasteiger partial charge on any atom is -0.352 e. The summed E-state index contributed by atoms with van der Waals surface area (Å²) in [4.78, 5) is 22.4. The van der Waals surface area contributed by atoms with E-state index < -0.39 is 4.92 Å². The number of nitro benzene ring substituents is 1. The van der Waals surface area contributed by atoms with Crippen LogP contribution in [0.1, 0.15) is 36.5 Å². The molecule has 110 valence electrons. The Hall–Kier alpha value is -1.43. The molecule has 0 fully saturated rings. The van der Waals surface area contributed by atoms with Crippen molar-refractivity contribution < 1.29 is 9.72 Å². The van der Waals surface area contributed by atoms with E-state index in [1.54, 1.807) is 12.1 Å². The van der Waals surface area contributed by atoms with E-state index in [-0.39, 0.29) is 17.2 Å². The van der Waals surface area contributed by atoms with E-state index >= 15 is 0 Å². The van der Waals surface area contributed by atoms with Crippen LogP contribution in [0.25, 0.3) is 0 Å². The van der Waals surface area contributed by atoms with Crippen molar-refractivity contribution in [2.24, 2.45) is 5.92 Å². The van der Waals surface area contributed by atoms with Crippen molar-refractivity contribution in [2.75, 3.05) is 11.9 Å².